The molecule has 0 saturated carbocycles. The second-order valence-electron chi connectivity index (χ2n) is 6.17. The third-order valence-electron chi connectivity index (χ3n) is 4.69. The Kier molecular flexibility index (Phi) is 5.93. The van der Waals surface area contributed by atoms with Crippen molar-refractivity contribution in [3.05, 3.63) is 11.0 Å². The summed E-state index contributed by atoms with van der Waals surface area (Å²) < 4.78 is 0. The van der Waals surface area contributed by atoms with E-state index in [1.54, 1.807) is 11.0 Å². The first-order valence-electron chi connectivity index (χ1n) is 8.27. The van der Waals surface area contributed by atoms with Crippen LogP contribution in [0.25, 0.3) is 0 Å². The third-order valence-corrected chi connectivity index (χ3v) is 5.13. The standard InChI is InChI=1S/C15H32N4Si/c1-4-16-6-10-18(11-7-16)15(14(3)20)19-12-8-17(5-2)9-13-19/h4-13H2,1-3,20H3. The summed E-state index contributed by atoms with van der Waals surface area (Å²) in [6.07, 6.45) is 0. The van der Waals surface area contributed by atoms with Crippen molar-refractivity contribution < 1.29 is 0 Å². The highest BCUT2D eigenvalue weighted by molar-refractivity contribution is 6.21. The molecule has 0 unspecified atom stereocenters. The van der Waals surface area contributed by atoms with Crippen molar-refractivity contribution in [1.29, 1.82) is 0 Å². The molecule has 0 amide bonds. The zero-order valence-corrected chi connectivity index (χ0v) is 15.9. The molecule has 2 saturated heterocycles. The van der Waals surface area contributed by atoms with E-state index in [0.29, 0.717) is 0 Å². The SMILES string of the molecule is CCN1CCN(C(=C(C)[SiH3])N2CCN(CC)CC2)CC1. The van der Waals surface area contributed by atoms with Gasteiger partial charge in [0.25, 0.3) is 0 Å². The van der Waals surface area contributed by atoms with E-state index in [1.165, 1.54) is 75.7 Å². The van der Waals surface area contributed by atoms with Crippen molar-refractivity contribution in [2.75, 3.05) is 65.4 Å². The summed E-state index contributed by atoms with van der Waals surface area (Å²) >= 11 is 0. The van der Waals surface area contributed by atoms with Crippen LogP contribution in [0.15, 0.2) is 11.0 Å². The molecule has 0 aromatic heterocycles. The van der Waals surface area contributed by atoms with Crippen molar-refractivity contribution in [2.24, 2.45) is 0 Å². The van der Waals surface area contributed by atoms with Crippen LogP contribution in [0.1, 0.15) is 20.8 Å². The van der Waals surface area contributed by atoms with Crippen LogP contribution in [0.5, 0.6) is 0 Å². The molecule has 2 rings (SSSR count). The summed E-state index contributed by atoms with van der Waals surface area (Å²) in [6.45, 7) is 19.0. The topological polar surface area (TPSA) is 13.0 Å². The Morgan fingerprint density at radius 3 is 1.35 bits per heavy atom. The minimum Gasteiger partial charge on any atom is -0.356 e. The van der Waals surface area contributed by atoms with Crippen LogP contribution in [-0.4, -0.2) is 95.3 Å². The summed E-state index contributed by atoms with van der Waals surface area (Å²) in [5, 5.41) is 1.61. The Hall–Kier alpha value is -0.523. The molecule has 20 heavy (non-hydrogen) atoms. The van der Waals surface area contributed by atoms with Gasteiger partial charge in [0.2, 0.25) is 0 Å². The molecular weight excluding hydrogens is 264 g/mol. The molecule has 0 aromatic carbocycles. The highest BCUT2D eigenvalue weighted by atomic mass is 28.1. The maximum atomic E-state index is 2.65. The number of piperazine rings is 2. The van der Waals surface area contributed by atoms with Gasteiger partial charge in [0.05, 0.1) is 5.82 Å². The van der Waals surface area contributed by atoms with Crippen LogP contribution in [0, 0.1) is 0 Å². The van der Waals surface area contributed by atoms with Gasteiger partial charge in [-0.05, 0) is 20.0 Å². The summed E-state index contributed by atoms with van der Waals surface area (Å²) in [7, 11) is 1.18. The maximum absolute atomic E-state index is 2.65. The molecule has 0 spiro atoms. The van der Waals surface area contributed by atoms with Crippen molar-refractivity contribution >= 4 is 10.2 Å². The van der Waals surface area contributed by atoms with Gasteiger partial charge < -0.3 is 19.6 Å². The molecule has 4 nitrogen and oxygen atoms in total. The number of nitrogens with zero attached hydrogens (tertiary/aromatic N) is 4. The molecule has 0 bridgehead atoms. The zero-order valence-electron chi connectivity index (χ0n) is 13.9. The van der Waals surface area contributed by atoms with Crippen LogP contribution in [0.3, 0.4) is 0 Å². The van der Waals surface area contributed by atoms with Gasteiger partial charge in [-0.15, -0.1) is 0 Å². The Labute approximate surface area is 127 Å². The molecule has 0 aliphatic carbocycles. The fraction of sp³-hybridized carbons (Fsp3) is 0.867. The van der Waals surface area contributed by atoms with Gasteiger partial charge in [0.1, 0.15) is 0 Å². The monoisotopic (exact) mass is 296 g/mol. The first-order chi connectivity index (χ1) is 9.65. The number of allylic oxidation sites excluding steroid dienone is 1. The smallest absolute Gasteiger partial charge is 0.0979 e. The molecule has 2 aliphatic heterocycles. The summed E-state index contributed by atoms with van der Waals surface area (Å²) in [4.78, 5) is 10.4. The predicted molar refractivity (Wildman–Crippen MR) is 90.0 cm³/mol. The van der Waals surface area contributed by atoms with Gasteiger partial charge in [0, 0.05) is 62.6 Å². The maximum Gasteiger partial charge on any atom is 0.0979 e. The Morgan fingerprint density at radius 2 is 1.10 bits per heavy atom. The van der Waals surface area contributed by atoms with Gasteiger partial charge in [0.15, 0.2) is 0 Å². The molecule has 5 heteroatoms. The molecule has 116 valence electrons. The number of hydrogen-bond donors (Lipinski definition) is 0. The van der Waals surface area contributed by atoms with E-state index < -0.39 is 0 Å². The summed E-state index contributed by atoms with van der Waals surface area (Å²) in [5.74, 6) is 1.57. The van der Waals surface area contributed by atoms with E-state index >= 15 is 0 Å². The lowest BCUT2D eigenvalue weighted by molar-refractivity contribution is 0.0938. The van der Waals surface area contributed by atoms with Gasteiger partial charge in [-0.25, -0.2) is 0 Å². The van der Waals surface area contributed by atoms with Crippen molar-refractivity contribution in [1.82, 2.24) is 19.6 Å². The molecule has 2 heterocycles. The van der Waals surface area contributed by atoms with Crippen LogP contribution in [0.4, 0.5) is 0 Å². The molecule has 2 aliphatic rings. The highest BCUT2D eigenvalue weighted by Gasteiger charge is 2.25. The Morgan fingerprint density at radius 1 is 0.750 bits per heavy atom. The van der Waals surface area contributed by atoms with Crippen LogP contribution in [-0.2, 0) is 0 Å². The molecule has 2 fully saturated rings. The molecule has 0 radical (unpaired) electrons. The zero-order chi connectivity index (χ0) is 14.5. The summed E-state index contributed by atoms with van der Waals surface area (Å²) in [6, 6.07) is 0. The fourth-order valence-corrected chi connectivity index (χ4v) is 4.02. The van der Waals surface area contributed by atoms with Crippen molar-refractivity contribution in [3.63, 3.8) is 0 Å². The minimum absolute atomic E-state index is 1.18. The van der Waals surface area contributed by atoms with E-state index in [9.17, 15) is 0 Å². The Balaban J connectivity index is 1.97. The molecule has 0 aromatic rings. The molecular formula is C15H32N4Si. The third kappa shape index (κ3) is 3.77. The van der Waals surface area contributed by atoms with Gasteiger partial charge in [-0.1, -0.05) is 19.0 Å². The van der Waals surface area contributed by atoms with E-state index in [4.69, 9.17) is 0 Å². The van der Waals surface area contributed by atoms with Gasteiger partial charge in [-0.2, -0.15) is 0 Å². The normalized spacial score (nSPS) is 22.4. The average Bonchev–Trinajstić information content (AvgIpc) is 2.48. The lowest BCUT2D eigenvalue weighted by atomic mass is 10.2. The second kappa shape index (κ2) is 7.48. The van der Waals surface area contributed by atoms with Gasteiger partial charge >= 0.3 is 0 Å². The number of hydrogen-bond acceptors (Lipinski definition) is 4. The van der Waals surface area contributed by atoms with E-state index in [1.807, 2.05) is 0 Å². The van der Waals surface area contributed by atoms with Crippen molar-refractivity contribution in [3.8, 4) is 0 Å². The first kappa shape index (κ1) is 15.9. The minimum atomic E-state index is 1.18. The largest absolute Gasteiger partial charge is 0.356 e. The first-order valence-corrected chi connectivity index (χ1v) is 9.27. The van der Waals surface area contributed by atoms with Gasteiger partial charge in [-0.3, -0.25) is 0 Å². The van der Waals surface area contributed by atoms with Crippen LogP contribution >= 0.6 is 0 Å². The van der Waals surface area contributed by atoms with Crippen molar-refractivity contribution in [2.45, 2.75) is 20.8 Å². The van der Waals surface area contributed by atoms with E-state index in [0.717, 1.165) is 0 Å². The molecule has 0 atom stereocenters. The highest BCUT2D eigenvalue weighted by Crippen LogP contribution is 2.18. The van der Waals surface area contributed by atoms with Crippen LogP contribution in [0.2, 0.25) is 0 Å². The Bertz CT molecular complexity index is 299. The fourth-order valence-electron chi connectivity index (χ4n) is 3.38. The lowest BCUT2D eigenvalue weighted by Gasteiger charge is -2.44. The molecule has 0 N–H and O–H groups in total. The number of rotatable bonds is 4. The average molecular weight is 297 g/mol. The number of likely N-dealkylation sites (N-methyl/N-ethyl adjacent to an activating group) is 2. The summed E-state index contributed by atoms with van der Waals surface area (Å²) in [5.41, 5.74) is 0. The van der Waals surface area contributed by atoms with E-state index in [2.05, 4.69) is 40.4 Å². The lowest BCUT2D eigenvalue weighted by Crippen LogP contribution is -2.53. The second-order valence-corrected chi connectivity index (χ2v) is 7.67. The predicted octanol–water partition coefficient (Wildman–Crippen LogP) is -0.184. The van der Waals surface area contributed by atoms with Crippen LogP contribution < -0.4 is 0 Å². The quantitative estimate of drug-likeness (QED) is 0.667. The van der Waals surface area contributed by atoms with E-state index in [-0.39, 0.29) is 0 Å².